The smallest absolute Gasteiger partial charge is 0.256 e. The van der Waals surface area contributed by atoms with Gasteiger partial charge in [-0.2, -0.15) is 0 Å². The first kappa shape index (κ1) is 13.5. The summed E-state index contributed by atoms with van der Waals surface area (Å²) in [6, 6.07) is 2.89. The first-order chi connectivity index (χ1) is 9.95. The fraction of sp³-hybridized carbons (Fsp3) is 0.0667. The van der Waals surface area contributed by atoms with Gasteiger partial charge in [0.1, 0.15) is 0 Å². The van der Waals surface area contributed by atoms with Gasteiger partial charge in [-0.05, 0) is 29.4 Å². The average Bonchev–Trinajstić information content (AvgIpc) is 3.00. The van der Waals surface area contributed by atoms with Crippen molar-refractivity contribution in [3.8, 4) is 0 Å². The molecule has 0 aliphatic heterocycles. The van der Waals surface area contributed by atoms with Crippen LogP contribution >= 0.6 is 0 Å². The zero-order valence-electron chi connectivity index (χ0n) is 11.2. The van der Waals surface area contributed by atoms with Gasteiger partial charge in [0.05, 0.1) is 11.9 Å². The van der Waals surface area contributed by atoms with E-state index in [1.54, 1.807) is 6.08 Å². The van der Waals surface area contributed by atoms with E-state index in [0.29, 0.717) is 11.3 Å². The van der Waals surface area contributed by atoms with Crippen LogP contribution in [0.15, 0.2) is 70.5 Å². The molecule has 0 spiro atoms. The van der Waals surface area contributed by atoms with Crippen molar-refractivity contribution in [2.24, 2.45) is 0 Å². The minimum absolute atomic E-state index is 0.0211. The Morgan fingerprint density at radius 2 is 2.00 bits per heavy atom. The topological polar surface area (TPSA) is 76.1 Å². The van der Waals surface area contributed by atoms with Crippen molar-refractivity contribution in [1.29, 1.82) is 0 Å². The number of pyridine rings is 1. The van der Waals surface area contributed by atoms with Crippen molar-refractivity contribution in [3.05, 3.63) is 65.4 Å². The standard InChI is InChI=1S/C15H12N2O3S/c1-21(19,20)14-8-6-11(9-16-14)17-15(18)13-7-5-10-3-2-4-12(10)13/h2-9H,1H3,(H,17,18). The van der Waals surface area contributed by atoms with Gasteiger partial charge in [0.15, 0.2) is 14.9 Å². The number of hydrogen-bond donors (Lipinski definition) is 1. The molecule has 6 heteroatoms. The summed E-state index contributed by atoms with van der Waals surface area (Å²) < 4.78 is 22.6. The highest BCUT2D eigenvalue weighted by molar-refractivity contribution is 7.90. The largest absolute Gasteiger partial charge is 0.321 e. The number of rotatable bonds is 3. The van der Waals surface area contributed by atoms with E-state index in [-0.39, 0.29) is 10.9 Å². The number of aromatic nitrogens is 1. The quantitative estimate of drug-likeness (QED) is 0.923. The summed E-state index contributed by atoms with van der Waals surface area (Å²) in [5, 5.41) is 2.69. The second-order valence-electron chi connectivity index (χ2n) is 4.75. The normalized spacial score (nSPS) is 16.1. The van der Waals surface area contributed by atoms with Crippen molar-refractivity contribution < 1.29 is 13.2 Å². The maximum atomic E-state index is 12.2. The fourth-order valence-corrected chi connectivity index (χ4v) is 2.72. The highest BCUT2D eigenvalue weighted by Gasteiger charge is 2.20. The van der Waals surface area contributed by atoms with Gasteiger partial charge >= 0.3 is 0 Å². The third-order valence-electron chi connectivity index (χ3n) is 3.19. The van der Waals surface area contributed by atoms with Crippen molar-refractivity contribution in [2.45, 2.75) is 5.03 Å². The molecule has 3 rings (SSSR count). The maximum Gasteiger partial charge on any atom is 0.256 e. The molecular weight excluding hydrogens is 288 g/mol. The predicted molar refractivity (Wildman–Crippen MR) is 79.4 cm³/mol. The minimum Gasteiger partial charge on any atom is -0.321 e. The highest BCUT2D eigenvalue weighted by atomic mass is 32.2. The zero-order chi connectivity index (χ0) is 15.0. The van der Waals surface area contributed by atoms with Gasteiger partial charge in [-0.3, -0.25) is 4.79 Å². The monoisotopic (exact) mass is 300 g/mol. The molecule has 0 saturated heterocycles. The first-order valence-corrected chi connectivity index (χ1v) is 8.13. The van der Waals surface area contributed by atoms with Gasteiger partial charge in [-0.1, -0.05) is 24.3 Å². The van der Waals surface area contributed by atoms with Crippen LogP contribution < -0.4 is 5.32 Å². The Labute approximate surface area is 122 Å². The Kier molecular flexibility index (Phi) is 3.10. The van der Waals surface area contributed by atoms with Crippen molar-refractivity contribution in [1.82, 2.24) is 4.98 Å². The fourth-order valence-electron chi connectivity index (χ4n) is 2.16. The summed E-state index contributed by atoms with van der Waals surface area (Å²) in [5.74, 6) is -0.245. The second kappa shape index (κ2) is 4.82. The molecule has 0 bridgehead atoms. The van der Waals surface area contributed by atoms with E-state index in [0.717, 1.165) is 17.4 Å². The Morgan fingerprint density at radius 3 is 2.67 bits per heavy atom. The lowest BCUT2D eigenvalue weighted by molar-refractivity contribution is -0.112. The Morgan fingerprint density at radius 1 is 1.19 bits per heavy atom. The lowest BCUT2D eigenvalue weighted by atomic mass is 10.1. The molecule has 0 atom stereocenters. The van der Waals surface area contributed by atoms with E-state index in [1.165, 1.54) is 18.3 Å². The molecule has 5 nitrogen and oxygen atoms in total. The number of sulfone groups is 1. The molecular formula is C15H12N2O3S. The molecule has 0 unspecified atom stereocenters. The summed E-state index contributed by atoms with van der Waals surface area (Å²) in [6.07, 6.45) is 11.8. The first-order valence-electron chi connectivity index (χ1n) is 6.24. The molecule has 1 N–H and O–H groups in total. The van der Waals surface area contributed by atoms with Crippen molar-refractivity contribution in [2.75, 3.05) is 11.6 Å². The molecule has 1 heterocycles. The van der Waals surface area contributed by atoms with Gasteiger partial charge < -0.3 is 5.32 Å². The minimum atomic E-state index is -3.34. The Bertz CT molecular complexity index is 841. The number of nitrogens with zero attached hydrogens (tertiary/aromatic N) is 1. The van der Waals surface area contributed by atoms with Crippen LogP contribution in [0, 0.1) is 0 Å². The molecule has 1 aromatic heterocycles. The highest BCUT2D eigenvalue weighted by Crippen LogP contribution is 2.30. The van der Waals surface area contributed by atoms with E-state index in [1.807, 2.05) is 24.3 Å². The third kappa shape index (κ3) is 2.57. The van der Waals surface area contributed by atoms with Crippen LogP contribution in [0.5, 0.6) is 0 Å². The number of carbonyl (C=O) groups is 1. The number of amides is 1. The van der Waals surface area contributed by atoms with Crippen molar-refractivity contribution >= 4 is 21.4 Å². The van der Waals surface area contributed by atoms with Gasteiger partial charge in [0, 0.05) is 11.8 Å². The van der Waals surface area contributed by atoms with E-state index < -0.39 is 9.84 Å². The van der Waals surface area contributed by atoms with Crippen LogP contribution in [0.2, 0.25) is 0 Å². The SMILES string of the molecule is CS(=O)(=O)c1ccc(NC(=O)C2=C3C=CC=C3C=C2)cn1. The van der Waals surface area contributed by atoms with Crippen LogP contribution in [0.3, 0.4) is 0 Å². The zero-order valence-corrected chi connectivity index (χ0v) is 12.0. The Hall–Kier alpha value is -2.47. The van der Waals surface area contributed by atoms with Gasteiger partial charge in [0.2, 0.25) is 0 Å². The van der Waals surface area contributed by atoms with Gasteiger partial charge in [-0.25, -0.2) is 13.4 Å². The average molecular weight is 300 g/mol. The summed E-state index contributed by atoms with van der Waals surface area (Å²) in [7, 11) is -3.34. The number of anilines is 1. The van der Waals surface area contributed by atoms with E-state index in [4.69, 9.17) is 0 Å². The van der Waals surface area contributed by atoms with Crippen molar-refractivity contribution in [3.63, 3.8) is 0 Å². The van der Waals surface area contributed by atoms with Crippen LogP contribution in [-0.4, -0.2) is 25.6 Å². The number of carbonyl (C=O) groups excluding carboxylic acids is 1. The van der Waals surface area contributed by atoms with E-state index in [9.17, 15) is 13.2 Å². The van der Waals surface area contributed by atoms with Gasteiger partial charge in [-0.15, -0.1) is 0 Å². The number of fused-ring (bicyclic) bond motifs is 1. The summed E-state index contributed by atoms with van der Waals surface area (Å²) in [6.45, 7) is 0. The van der Waals surface area contributed by atoms with Gasteiger partial charge in [0.25, 0.3) is 5.91 Å². The Balaban J connectivity index is 1.80. The summed E-state index contributed by atoms with van der Waals surface area (Å²) in [5.41, 5.74) is 2.95. The molecule has 106 valence electrons. The number of hydrogen-bond acceptors (Lipinski definition) is 4. The van der Waals surface area contributed by atoms with Crippen LogP contribution in [-0.2, 0) is 14.6 Å². The van der Waals surface area contributed by atoms with E-state index in [2.05, 4.69) is 10.3 Å². The predicted octanol–water partition coefficient (Wildman–Crippen LogP) is 1.79. The van der Waals surface area contributed by atoms with Crippen LogP contribution in [0.1, 0.15) is 0 Å². The molecule has 1 amide bonds. The molecule has 21 heavy (non-hydrogen) atoms. The number of nitrogens with one attached hydrogen (secondary N) is 1. The maximum absolute atomic E-state index is 12.2. The molecule has 0 saturated carbocycles. The molecule has 1 aromatic rings. The van der Waals surface area contributed by atoms with E-state index >= 15 is 0 Å². The molecule has 0 radical (unpaired) electrons. The molecule has 0 fully saturated rings. The molecule has 2 aliphatic rings. The lowest BCUT2D eigenvalue weighted by Gasteiger charge is -2.06. The van der Waals surface area contributed by atoms with Crippen LogP contribution in [0.25, 0.3) is 0 Å². The third-order valence-corrected chi connectivity index (χ3v) is 4.19. The number of allylic oxidation sites excluding steroid dienone is 6. The summed E-state index contributed by atoms with van der Waals surface area (Å²) >= 11 is 0. The molecule has 0 aromatic carbocycles. The lowest BCUT2D eigenvalue weighted by Crippen LogP contribution is -2.14. The second-order valence-corrected chi connectivity index (χ2v) is 6.72. The summed E-state index contributed by atoms with van der Waals surface area (Å²) in [4.78, 5) is 16.0. The van der Waals surface area contributed by atoms with Crippen LogP contribution in [0.4, 0.5) is 5.69 Å². The molecule has 2 aliphatic carbocycles.